The van der Waals surface area contributed by atoms with E-state index in [0.717, 1.165) is 38.4 Å². The molecule has 0 spiro atoms. The van der Waals surface area contributed by atoms with E-state index in [1.807, 2.05) is 0 Å². The first-order chi connectivity index (χ1) is 8.61. The summed E-state index contributed by atoms with van der Waals surface area (Å²) in [6.07, 6.45) is 4.38. The van der Waals surface area contributed by atoms with Crippen molar-refractivity contribution in [2.45, 2.75) is 57.2 Å². The minimum Gasteiger partial charge on any atom is -0.394 e. The summed E-state index contributed by atoms with van der Waals surface area (Å²) in [7, 11) is 0. The van der Waals surface area contributed by atoms with Crippen LogP contribution >= 0.6 is 0 Å². The fourth-order valence-electron chi connectivity index (χ4n) is 3.72. The van der Waals surface area contributed by atoms with Crippen molar-refractivity contribution in [2.24, 2.45) is 5.73 Å². The predicted molar refractivity (Wildman–Crippen MR) is 74.5 cm³/mol. The number of hydrogen-bond acceptors (Lipinski definition) is 4. The molecule has 1 heterocycles. The lowest BCUT2D eigenvalue weighted by atomic mass is 10.0. The Labute approximate surface area is 111 Å². The molecule has 4 heteroatoms. The van der Waals surface area contributed by atoms with Gasteiger partial charge in [-0.2, -0.15) is 0 Å². The molecule has 2 rings (SSSR count). The van der Waals surface area contributed by atoms with Crippen LogP contribution in [0, 0.1) is 0 Å². The summed E-state index contributed by atoms with van der Waals surface area (Å²) in [6.45, 7) is 9.32. The van der Waals surface area contributed by atoms with Gasteiger partial charge in [-0.25, -0.2) is 0 Å². The molecular weight excluding hydrogens is 226 g/mol. The Kier molecular flexibility index (Phi) is 4.64. The zero-order chi connectivity index (χ0) is 13.2. The van der Waals surface area contributed by atoms with Crippen molar-refractivity contribution in [3.63, 3.8) is 0 Å². The lowest BCUT2D eigenvalue weighted by Crippen LogP contribution is -2.44. The van der Waals surface area contributed by atoms with E-state index in [1.165, 1.54) is 19.5 Å². The molecule has 106 valence electrons. The number of likely N-dealkylation sites (tertiary alicyclic amines) is 1. The van der Waals surface area contributed by atoms with E-state index < -0.39 is 0 Å². The fourth-order valence-corrected chi connectivity index (χ4v) is 3.72. The first-order valence-corrected chi connectivity index (χ1v) is 7.49. The summed E-state index contributed by atoms with van der Waals surface area (Å²) in [6, 6.07) is 1.32. The monoisotopic (exact) mass is 255 g/mol. The van der Waals surface area contributed by atoms with Crippen molar-refractivity contribution in [3.8, 4) is 0 Å². The molecule has 1 aliphatic heterocycles. The normalized spacial score (nSPS) is 37.8. The van der Waals surface area contributed by atoms with Crippen LogP contribution in [0.15, 0.2) is 0 Å². The lowest BCUT2D eigenvalue weighted by Gasteiger charge is -2.29. The number of likely N-dealkylation sites (N-methyl/N-ethyl adjacent to an activating group) is 1. The van der Waals surface area contributed by atoms with Gasteiger partial charge in [-0.3, -0.25) is 9.80 Å². The highest BCUT2D eigenvalue weighted by Crippen LogP contribution is 2.33. The van der Waals surface area contributed by atoms with Gasteiger partial charge in [-0.05, 0) is 38.8 Å². The SMILES string of the molecule is CCN(CC)C1CCN(C2CCC(N)(CO)C2)C1. The van der Waals surface area contributed by atoms with E-state index in [9.17, 15) is 5.11 Å². The Morgan fingerprint density at radius 2 is 2.06 bits per heavy atom. The van der Waals surface area contributed by atoms with Crippen LogP contribution in [0.25, 0.3) is 0 Å². The maximum atomic E-state index is 9.35. The van der Waals surface area contributed by atoms with Gasteiger partial charge in [0.25, 0.3) is 0 Å². The van der Waals surface area contributed by atoms with Gasteiger partial charge in [-0.1, -0.05) is 13.8 Å². The zero-order valence-corrected chi connectivity index (χ0v) is 11.9. The van der Waals surface area contributed by atoms with E-state index in [4.69, 9.17) is 5.73 Å². The highest BCUT2D eigenvalue weighted by molar-refractivity contribution is 4.99. The van der Waals surface area contributed by atoms with Crippen molar-refractivity contribution < 1.29 is 5.11 Å². The number of hydrogen-bond donors (Lipinski definition) is 2. The van der Waals surface area contributed by atoms with Crippen molar-refractivity contribution in [1.82, 2.24) is 9.80 Å². The molecule has 3 N–H and O–H groups in total. The van der Waals surface area contributed by atoms with Crippen LogP contribution in [0.4, 0.5) is 0 Å². The molecule has 0 aromatic rings. The predicted octanol–water partition coefficient (Wildman–Crippen LogP) is 0.645. The van der Waals surface area contributed by atoms with Gasteiger partial charge >= 0.3 is 0 Å². The second kappa shape index (κ2) is 5.87. The largest absolute Gasteiger partial charge is 0.394 e. The average Bonchev–Trinajstić information content (AvgIpc) is 2.99. The van der Waals surface area contributed by atoms with Gasteiger partial charge in [0.2, 0.25) is 0 Å². The van der Waals surface area contributed by atoms with Gasteiger partial charge in [0, 0.05) is 30.7 Å². The summed E-state index contributed by atoms with van der Waals surface area (Å²) in [5, 5.41) is 9.35. The summed E-state index contributed by atoms with van der Waals surface area (Å²) in [5.74, 6) is 0. The smallest absolute Gasteiger partial charge is 0.0611 e. The molecule has 3 unspecified atom stereocenters. The topological polar surface area (TPSA) is 52.7 Å². The molecule has 18 heavy (non-hydrogen) atoms. The second-order valence-corrected chi connectivity index (χ2v) is 6.08. The van der Waals surface area contributed by atoms with Crippen LogP contribution in [0.3, 0.4) is 0 Å². The van der Waals surface area contributed by atoms with Gasteiger partial charge < -0.3 is 10.8 Å². The van der Waals surface area contributed by atoms with Crippen molar-refractivity contribution in [3.05, 3.63) is 0 Å². The van der Waals surface area contributed by atoms with Crippen LogP contribution in [-0.4, -0.2) is 65.3 Å². The quantitative estimate of drug-likeness (QED) is 0.757. The molecule has 3 atom stereocenters. The molecule has 4 nitrogen and oxygen atoms in total. The van der Waals surface area contributed by atoms with E-state index in [2.05, 4.69) is 23.6 Å². The molecule has 1 aliphatic carbocycles. The Morgan fingerprint density at radius 1 is 1.33 bits per heavy atom. The summed E-state index contributed by atoms with van der Waals surface area (Å²) >= 11 is 0. The van der Waals surface area contributed by atoms with Crippen LogP contribution < -0.4 is 5.73 Å². The Morgan fingerprint density at radius 3 is 2.61 bits per heavy atom. The molecule has 0 amide bonds. The average molecular weight is 255 g/mol. The molecule has 1 saturated carbocycles. The van der Waals surface area contributed by atoms with Gasteiger partial charge in [-0.15, -0.1) is 0 Å². The van der Waals surface area contributed by atoms with Gasteiger partial charge in [0.1, 0.15) is 0 Å². The maximum Gasteiger partial charge on any atom is 0.0611 e. The lowest BCUT2D eigenvalue weighted by molar-refractivity contribution is 0.167. The third-order valence-electron chi connectivity index (χ3n) is 4.97. The van der Waals surface area contributed by atoms with Gasteiger partial charge in [0.15, 0.2) is 0 Å². The Hall–Kier alpha value is -0.160. The standard InChI is InChI=1S/C14H29N3O/c1-3-16(4-2)13-6-8-17(10-13)12-5-7-14(15,9-12)11-18/h12-13,18H,3-11,15H2,1-2H3. The highest BCUT2D eigenvalue weighted by atomic mass is 16.3. The number of aliphatic hydroxyl groups is 1. The molecule has 0 radical (unpaired) electrons. The molecule has 0 bridgehead atoms. The Bertz CT molecular complexity index is 270. The maximum absolute atomic E-state index is 9.35. The third kappa shape index (κ3) is 2.87. The first kappa shape index (κ1) is 14.3. The van der Waals surface area contributed by atoms with Crippen LogP contribution in [0.1, 0.15) is 39.5 Å². The fraction of sp³-hybridized carbons (Fsp3) is 1.00. The van der Waals surface area contributed by atoms with Crippen molar-refractivity contribution in [2.75, 3.05) is 32.8 Å². The minimum atomic E-state index is -0.308. The van der Waals surface area contributed by atoms with E-state index >= 15 is 0 Å². The minimum absolute atomic E-state index is 0.136. The highest BCUT2D eigenvalue weighted by Gasteiger charge is 2.40. The molecule has 2 aliphatic rings. The second-order valence-electron chi connectivity index (χ2n) is 6.08. The number of nitrogens with two attached hydrogens (primary N) is 1. The summed E-state index contributed by atoms with van der Waals surface area (Å²) in [5.41, 5.74) is 5.87. The zero-order valence-electron chi connectivity index (χ0n) is 11.9. The van der Waals surface area contributed by atoms with Crippen LogP contribution in [-0.2, 0) is 0 Å². The number of rotatable bonds is 5. The van der Waals surface area contributed by atoms with E-state index in [-0.39, 0.29) is 12.1 Å². The molecule has 0 aromatic heterocycles. The summed E-state index contributed by atoms with van der Waals surface area (Å²) < 4.78 is 0. The van der Waals surface area contributed by atoms with Crippen LogP contribution in [0.5, 0.6) is 0 Å². The van der Waals surface area contributed by atoms with Crippen molar-refractivity contribution in [1.29, 1.82) is 0 Å². The molecule has 1 saturated heterocycles. The van der Waals surface area contributed by atoms with Crippen LogP contribution in [0.2, 0.25) is 0 Å². The third-order valence-corrected chi connectivity index (χ3v) is 4.97. The summed E-state index contributed by atoms with van der Waals surface area (Å²) in [4.78, 5) is 5.17. The molecule has 0 aromatic carbocycles. The van der Waals surface area contributed by atoms with E-state index in [0.29, 0.717) is 6.04 Å². The molecule has 2 fully saturated rings. The van der Waals surface area contributed by atoms with E-state index in [1.54, 1.807) is 0 Å². The van der Waals surface area contributed by atoms with Gasteiger partial charge in [0.05, 0.1) is 6.61 Å². The van der Waals surface area contributed by atoms with Crippen molar-refractivity contribution >= 4 is 0 Å². The Balaban J connectivity index is 1.86. The molecular formula is C14H29N3O. The number of aliphatic hydroxyl groups excluding tert-OH is 1. The first-order valence-electron chi connectivity index (χ1n) is 7.49. The number of nitrogens with zero attached hydrogens (tertiary/aromatic N) is 2.